The number of nitrogens with zero attached hydrogens (tertiary/aromatic N) is 4. The zero-order valence-corrected chi connectivity index (χ0v) is 21.5. The maximum atomic E-state index is 13.2. The van der Waals surface area contributed by atoms with Gasteiger partial charge in [0.2, 0.25) is 11.5 Å². The lowest BCUT2D eigenvalue weighted by Gasteiger charge is -2.21. The first-order chi connectivity index (χ1) is 15.6. The molecule has 34 heavy (non-hydrogen) atoms. The van der Waals surface area contributed by atoms with Gasteiger partial charge in [-0.25, -0.2) is 4.68 Å². The van der Waals surface area contributed by atoms with Crippen LogP contribution >= 0.6 is 12.4 Å². The van der Waals surface area contributed by atoms with Crippen molar-refractivity contribution in [2.24, 2.45) is 0 Å². The van der Waals surface area contributed by atoms with E-state index in [4.69, 9.17) is 20.0 Å². The number of fused-ring (bicyclic) bond motifs is 1. The Kier molecular flexibility index (Phi) is 8.85. The first-order valence-electron chi connectivity index (χ1n) is 11.2. The second-order valence-electron chi connectivity index (χ2n) is 8.90. The zero-order valence-electron chi connectivity index (χ0n) is 20.6. The molecule has 0 aliphatic carbocycles. The fraction of sp³-hybridized carbons (Fsp3) is 0.500. The van der Waals surface area contributed by atoms with Crippen LogP contribution in [0.15, 0.2) is 18.2 Å². The number of hydrogen-bond donors (Lipinski definition) is 2. The quantitative estimate of drug-likeness (QED) is 0.444. The number of nitrogens with one attached hydrogen (secondary N) is 1. The van der Waals surface area contributed by atoms with Gasteiger partial charge in [-0.15, -0.1) is 22.6 Å². The molecule has 1 aromatic carbocycles. The van der Waals surface area contributed by atoms with Gasteiger partial charge in [0.1, 0.15) is 18.9 Å². The maximum absolute atomic E-state index is 13.2. The average molecular weight is 492 g/mol. The van der Waals surface area contributed by atoms with E-state index in [0.717, 1.165) is 23.1 Å². The summed E-state index contributed by atoms with van der Waals surface area (Å²) in [4.78, 5) is 13.2. The van der Waals surface area contributed by atoms with Crippen molar-refractivity contribution in [1.82, 2.24) is 19.4 Å². The van der Waals surface area contributed by atoms with E-state index in [2.05, 4.69) is 31.0 Å². The number of aryl methyl sites for hydroxylation is 1. The van der Waals surface area contributed by atoms with E-state index in [1.54, 1.807) is 6.07 Å². The Balaban J connectivity index is 0.00000408. The molecule has 186 valence electrons. The molecule has 0 bridgehead atoms. The van der Waals surface area contributed by atoms with Crippen LogP contribution in [0.1, 0.15) is 61.7 Å². The molecule has 9 nitrogen and oxygen atoms in total. The molecule has 0 saturated carbocycles. The molecule has 0 amide bonds. The normalized spacial score (nSPS) is 11.4. The van der Waals surface area contributed by atoms with E-state index < -0.39 is 0 Å². The molecule has 0 aliphatic rings. The van der Waals surface area contributed by atoms with Crippen molar-refractivity contribution < 1.29 is 19.4 Å². The zero-order chi connectivity index (χ0) is 24.3. The summed E-state index contributed by atoms with van der Waals surface area (Å²) in [6.45, 7) is 12.4. The number of aromatic nitrogens is 4. The molecule has 0 unspecified atom stereocenters. The van der Waals surface area contributed by atoms with Crippen molar-refractivity contribution in [1.29, 1.82) is 5.41 Å². The highest BCUT2D eigenvalue weighted by molar-refractivity contribution is 5.96. The van der Waals surface area contributed by atoms with Crippen molar-refractivity contribution in [3.05, 3.63) is 46.1 Å². The fourth-order valence-electron chi connectivity index (χ4n) is 3.64. The summed E-state index contributed by atoms with van der Waals surface area (Å²) < 4.78 is 14.0. The van der Waals surface area contributed by atoms with Crippen LogP contribution in [0.25, 0.3) is 5.65 Å². The molecule has 0 radical (unpaired) electrons. The lowest BCUT2D eigenvalue weighted by Crippen LogP contribution is -2.26. The van der Waals surface area contributed by atoms with Crippen LogP contribution < -0.4 is 15.1 Å². The molecule has 2 heterocycles. The number of hydrogen-bond acceptors (Lipinski definition) is 7. The lowest BCUT2D eigenvalue weighted by atomic mass is 9.85. The third-order valence-electron chi connectivity index (χ3n) is 5.48. The third-order valence-corrected chi connectivity index (χ3v) is 5.48. The minimum atomic E-state index is -0.199. The highest BCUT2D eigenvalue weighted by Crippen LogP contribution is 2.28. The number of rotatable bonds is 9. The van der Waals surface area contributed by atoms with Gasteiger partial charge in [0.25, 0.3) is 0 Å². The van der Waals surface area contributed by atoms with E-state index in [-0.39, 0.29) is 49.0 Å². The van der Waals surface area contributed by atoms with Crippen LogP contribution in [0.2, 0.25) is 0 Å². The Labute approximate surface area is 205 Å². The Morgan fingerprint density at radius 3 is 2.44 bits per heavy atom. The summed E-state index contributed by atoms with van der Waals surface area (Å²) in [7, 11) is 0. The average Bonchev–Trinajstić information content (AvgIpc) is 3.07. The van der Waals surface area contributed by atoms with Gasteiger partial charge < -0.3 is 14.6 Å². The van der Waals surface area contributed by atoms with Gasteiger partial charge in [0.15, 0.2) is 11.4 Å². The number of halogens is 1. The van der Waals surface area contributed by atoms with Crippen LogP contribution in [0.4, 0.5) is 0 Å². The number of Topliss-reactive ketones (excluding diaryl/α,β-unsaturated/α-hetero) is 1. The van der Waals surface area contributed by atoms with E-state index in [1.165, 1.54) is 9.20 Å². The van der Waals surface area contributed by atoms with Crippen LogP contribution in [0, 0.1) is 12.3 Å². The molecule has 0 spiro atoms. The van der Waals surface area contributed by atoms with Crippen molar-refractivity contribution in [3.8, 4) is 11.6 Å². The molecule has 3 rings (SSSR count). The summed E-state index contributed by atoms with van der Waals surface area (Å²) in [6, 6.07) is 5.40. The largest absolute Gasteiger partial charge is 0.491 e. The maximum Gasteiger partial charge on any atom is 0.242 e. The van der Waals surface area contributed by atoms with Gasteiger partial charge >= 0.3 is 0 Å². The van der Waals surface area contributed by atoms with E-state index in [9.17, 15) is 4.79 Å². The van der Waals surface area contributed by atoms with Crippen LogP contribution in [-0.2, 0) is 18.4 Å². The van der Waals surface area contributed by atoms with Gasteiger partial charge in [-0.3, -0.25) is 10.2 Å². The van der Waals surface area contributed by atoms with Crippen molar-refractivity contribution in [2.45, 2.75) is 59.9 Å². The number of ketones is 1. The number of ether oxygens (including phenoxy) is 2. The summed E-state index contributed by atoms with van der Waals surface area (Å²) >= 11 is 0. The highest BCUT2D eigenvalue weighted by atomic mass is 35.5. The predicted octanol–water partition coefficient (Wildman–Crippen LogP) is 3.25. The van der Waals surface area contributed by atoms with Gasteiger partial charge in [0.05, 0.1) is 13.2 Å². The predicted molar refractivity (Wildman–Crippen MR) is 131 cm³/mol. The topological polar surface area (TPSA) is 115 Å². The lowest BCUT2D eigenvalue weighted by molar-refractivity contribution is 0.0965. The van der Waals surface area contributed by atoms with E-state index in [1.807, 2.05) is 32.9 Å². The Morgan fingerprint density at radius 2 is 1.85 bits per heavy atom. The van der Waals surface area contributed by atoms with Gasteiger partial charge in [-0.05, 0) is 49.4 Å². The first kappa shape index (κ1) is 27.3. The first-order valence-corrected chi connectivity index (χ1v) is 11.2. The molecule has 10 heteroatoms. The smallest absolute Gasteiger partial charge is 0.242 e. The molecule has 0 saturated heterocycles. The second kappa shape index (κ2) is 11.0. The molecule has 3 aromatic rings. The fourth-order valence-corrected chi connectivity index (χ4v) is 3.64. The van der Waals surface area contributed by atoms with Gasteiger partial charge in [-0.2, -0.15) is 4.52 Å². The van der Waals surface area contributed by atoms with Crippen LogP contribution in [0.3, 0.4) is 0 Å². The van der Waals surface area contributed by atoms with Gasteiger partial charge in [-0.1, -0.05) is 27.7 Å². The standard InChI is InChI=1S/C24H33N5O4.ClH/c1-7-19-15(3)21-26-28(23(25)29(21)27-22(19)32-8-2)14-20(31)16-11-17(24(4,5)6)13-18(12-16)33-10-9-30;/h11-13,25,30H,7-10,14H2,1-6H3;1H. The van der Waals surface area contributed by atoms with E-state index >= 15 is 0 Å². The SMILES string of the molecule is CCOc1nn2c(=N)n(CC(=O)c3cc(OCCO)cc(C(C)(C)C)c3)nc2c(C)c1CC.Cl. The van der Waals surface area contributed by atoms with Crippen LogP contribution in [-0.4, -0.2) is 50.1 Å². The Morgan fingerprint density at radius 1 is 1.15 bits per heavy atom. The number of benzene rings is 1. The summed E-state index contributed by atoms with van der Waals surface area (Å²) in [5, 5.41) is 26.6. The second-order valence-corrected chi connectivity index (χ2v) is 8.90. The Bertz CT molecular complexity index is 1230. The van der Waals surface area contributed by atoms with Crippen LogP contribution in [0.5, 0.6) is 11.6 Å². The van der Waals surface area contributed by atoms with E-state index in [0.29, 0.717) is 29.4 Å². The number of carbonyl (C=O) groups is 1. The minimum Gasteiger partial charge on any atom is -0.491 e. The monoisotopic (exact) mass is 491 g/mol. The molecule has 0 fully saturated rings. The highest BCUT2D eigenvalue weighted by Gasteiger charge is 2.21. The summed E-state index contributed by atoms with van der Waals surface area (Å²) in [5.74, 6) is 0.811. The molecule has 2 aromatic heterocycles. The summed E-state index contributed by atoms with van der Waals surface area (Å²) in [6.07, 6.45) is 0.722. The number of aliphatic hydroxyl groups is 1. The number of carbonyl (C=O) groups excluding carboxylic acids is 1. The molecule has 0 atom stereocenters. The molecule has 0 aliphatic heterocycles. The van der Waals surface area contributed by atoms with Crippen molar-refractivity contribution in [2.75, 3.05) is 19.8 Å². The van der Waals surface area contributed by atoms with Crippen molar-refractivity contribution >= 4 is 23.8 Å². The molecule has 2 N–H and O–H groups in total. The van der Waals surface area contributed by atoms with Gasteiger partial charge in [0, 0.05) is 16.7 Å². The molecular weight excluding hydrogens is 458 g/mol. The van der Waals surface area contributed by atoms with Crippen molar-refractivity contribution in [3.63, 3.8) is 0 Å². The third kappa shape index (κ3) is 5.59. The number of aliphatic hydroxyl groups excluding tert-OH is 1. The molecular formula is C24H34ClN5O4. The summed E-state index contributed by atoms with van der Waals surface area (Å²) in [5.41, 5.74) is 3.56. The minimum absolute atomic E-state index is 0. The Hall–Kier alpha value is -2.91.